The van der Waals surface area contributed by atoms with Crippen molar-refractivity contribution in [2.75, 3.05) is 26.3 Å². The molecule has 4 heteroatoms. The van der Waals surface area contributed by atoms with Gasteiger partial charge in [0, 0.05) is 13.1 Å². The van der Waals surface area contributed by atoms with Gasteiger partial charge in [-0.25, -0.2) is 4.79 Å². The molecule has 4 nitrogen and oxygen atoms in total. The van der Waals surface area contributed by atoms with Crippen molar-refractivity contribution in [2.24, 2.45) is 5.92 Å². The van der Waals surface area contributed by atoms with Crippen LogP contribution in [-0.4, -0.2) is 37.9 Å². The first-order valence-electron chi connectivity index (χ1n) is 5.52. The summed E-state index contributed by atoms with van der Waals surface area (Å²) in [6, 6.07) is 0. The molecule has 0 aromatic carbocycles. The minimum atomic E-state index is -0.260. The van der Waals surface area contributed by atoms with Gasteiger partial charge in [0.15, 0.2) is 0 Å². The zero-order chi connectivity index (χ0) is 11.3. The van der Waals surface area contributed by atoms with E-state index in [1.54, 1.807) is 0 Å². The number of rotatable bonds is 6. The van der Waals surface area contributed by atoms with E-state index in [-0.39, 0.29) is 18.2 Å². The van der Waals surface area contributed by atoms with Crippen molar-refractivity contribution in [3.63, 3.8) is 0 Å². The Hall–Kier alpha value is -0.610. The van der Waals surface area contributed by atoms with E-state index < -0.39 is 0 Å². The van der Waals surface area contributed by atoms with Crippen LogP contribution in [0.4, 0.5) is 0 Å². The standard InChI is InChI=1S/C11H21NO3/c1-9(2)4-5-14-10(13)6-15-11(3)7-12-8-11/h9,12H,4-8H2,1-3H3. The fraction of sp³-hybridized carbons (Fsp3) is 0.909. The maximum Gasteiger partial charge on any atom is 0.332 e. The van der Waals surface area contributed by atoms with Gasteiger partial charge < -0.3 is 14.8 Å². The predicted molar refractivity (Wildman–Crippen MR) is 57.6 cm³/mol. The average Bonchev–Trinajstić information content (AvgIpc) is 2.11. The quantitative estimate of drug-likeness (QED) is 0.670. The van der Waals surface area contributed by atoms with Gasteiger partial charge in [0.25, 0.3) is 0 Å². The van der Waals surface area contributed by atoms with Gasteiger partial charge in [0.05, 0.1) is 12.2 Å². The Balaban J connectivity index is 2.03. The van der Waals surface area contributed by atoms with E-state index in [0.29, 0.717) is 12.5 Å². The van der Waals surface area contributed by atoms with Gasteiger partial charge >= 0.3 is 5.97 Å². The Labute approximate surface area is 91.3 Å². The molecule has 1 fully saturated rings. The van der Waals surface area contributed by atoms with Gasteiger partial charge in [-0.1, -0.05) is 13.8 Å². The first-order chi connectivity index (χ1) is 7.02. The Morgan fingerprint density at radius 1 is 1.47 bits per heavy atom. The van der Waals surface area contributed by atoms with Crippen molar-refractivity contribution in [1.29, 1.82) is 0 Å². The first-order valence-corrected chi connectivity index (χ1v) is 5.52. The van der Waals surface area contributed by atoms with Gasteiger partial charge in [-0.05, 0) is 19.3 Å². The van der Waals surface area contributed by atoms with E-state index in [2.05, 4.69) is 19.2 Å². The predicted octanol–water partition coefficient (Wildman–Crippen LogP) is 0.954. The fourth-order valence-electron chi connectivity index (χ4n) is 1.26. The third-order valence-electron chi connectivity index (χ3n) is 2.49. The highest BCUT2D eigenvalue weighted by Gasteiger charge is 2.33. The van der Waals surface area contributed by atoms with Crippen molar-refractivity contribution in [3.05, 3.63) is 0 Å². The van der Waals surface area contributed by atoms with Crippen LogP contribution in [0, 0.1) is 5.92 Å². The molecule has 1 aliphatic heterocycles. The van der Waals surface area contributed by atoms with E-state index in [1.807, 2.05) is 6.92 Å². The zero-order valence-corrected chi connectivity index (χ0v) is 9.84. The molecule has 88 valence electrons. The lowest BCUT2D eigenvalue weighted by molar-refractivity contribution is -0.158. The number of carbonyl (C=O) groups excluding carboxylic acids is 1. The molecular weight excluding hydrogens is 194 g/mol. The molecule has 0 bridgehead atoms. The summed E-state index contributed by atoms with van der Waals surface area (Å²) in [5.41, 5.74) is -0.170. The third kappa shape index (κ3) is 4.62. The van der Waals surface area contributed by atoms with Crippen LogP contribution in [0.2, 0.25) is 0 Å². The summed E-state index contributed by atoms with van der Waals surface area (Å²) >= 11 is 0. The average molecular weight is 215 g/mol. The third-order valence-corrected chi connectivity index (χ3v) is 2.49. The van der Waals surface area contributed by atoms with Crippen LogP contribution in [-0.2, 0) is 14.3 Å². The molecule has 1 aliphatic rings. The van der Waals surface area contributed by atoms with Crippen LogP contribution >= 0.6 is 0 Å². The van der Waals surface area contributed by atoms with E-state index in [1.165, 1.54) is 0 Å². The Bertz CT molecular complexity index is 212. The van der Waals surface area contributed by atoms with E-state index >= 15 is 0 Å². The molecule has 0 spiro atoms. The highest BCUT2D eigenvalue weighted by molar-refractivity contribution is 5.70. The van der Waals surface area contributed by atoms with Crippen molar-refractivity contribution >= 4 is 5.97 Å². The van der Waals surface area contributed by atoms with Gasteiger partial charge in [-0.3, -0.25) is 0 Å². The van der Waals surface area contributed by atoms with Crippen LogP contribution < -0.4 is 5.32 Å². The molecule has 15 heavy (non-hydrogen) atoms. The zero-order valence-electron chi connectivity index (χ0n) is 9.84. The molecular formula is C11H21NO3. The monoisotopic (exact) mass is 215 g/mol. The molecule has 1 heterocycles. The summed E-state index contributed by atoms with van der Waals surface area (Å²) in [4.78, 5) is 11.2. The van der Waals surface area contributed by atoms with Gasteiger partial charge in [0.1, 0.15) is 6.61 Å². The Kier molecular flexibility index (Phi) is 4.54. The van der Waals surface area contributed by atoms with Gasteiger partial charge in [0.2, 0.25) is 0 Å². The summed E-state index contributed by atoms with van der Waals surface area (Å²) in [5.74, 6) is 0.302. The van der Waals surface area contributed by atoms with Crippen molar-refractivity contribution < 1.29 is 14.3 Å². The lowest BCUT2D eigenvalue weighted by Crippen LogP contribution is -2.59. The molecule has 0 amide bonds. The lowest BCUT2D eigenvalue weighted by atomic mass is 10.0. The van der Waals surface area contributed by atoms with Crippen molar-refractivity contribution in [3.8, 4) is 0 Å². The number of carbonyl (C=O) groups is 1. The van der Waals surface area contributed by atoms with Crippen molar-refractivity contribution in [1.82, 2.24) is 5.32 Å². The number of hydrogen-bond acceptors (Lipinski definition) is 4. The first kappa shape index (κ1) is 12.5. The normalized spacial score (nSPS) is 18.7. The van der Waals surface area contributed by atoms with Crippen LogP contribution in [0.3, 0.4) is 0 Å². The van der Waals surface area contributed by atoms with E-state index in [4.69, 9.17) is 9.47 Å². The number of ether oxygens (including phenoxy) is 2. The Morgan fingerprint density at radius 2 is 2.13 bits per heavy atom. The fourth-order valence-corrected chi connectivity index (χ4v) is 1.26. The number of nitrogens with one attached hydrogen (secondary N) is 1. The molecule has 0 atom stereocenters. The second-order valence-electron chi connectivity index (χ2n) is 4.75. The maximum absolute atomic E-state index is 11.2. The topological polar surface area (TPSA) is 47.6 Å². The van der Waals surface area contributed by atoms with Crippen molar-refractivity contribution in [2.45, 2.75) is 32.8 Å². The van der Waals surface area contributed by atoms with Crippen LogP contribution in [0.25, 0.3) is 0 Å². The Morgan fingerprint density at radius 3 is 2.60 bits per heavy atom. The highest BCUT2D eigenvalue weighted by atomic mass is 16.6. The summed E-state index contributed by atoms with van der Waals surface area (Å²) in [5, 5.41) is 3.11. The molecule has 0 aromatic rings. The van der Waals surface area contributed by atoms with Gasteiger partial charge in [-0.2, -0.15) is 0 Å². The van der Waals surface area contributed by atoms with Crippen LogP contribution in [0.15, 0.2) is 0 Å². The largest absolute Gasteiger partial charge is 0.464 e. The molecule has 0 aliphatic carbocycles. The molecule has 1 N–H and O–H groups in total. The lowest BCUT2D eigenvalue weighted by Gasteiger charge is -2.38. The van der Waals surface area contributed by atoms with Crippen LogP contribution in [0.5, 0.6) is 0 Å². The highest BCUT2D eigenvalue weighted by Crippen LogP contribution is 2.14. The summed E-state index contributed by atoms with van der Waals surface area (Å²) in [6.07, 6.45) is 0.907. The minimum absolute atomic E-state index is 0.0657. The summed E-state index contributed by atoms with van der Waals surface area (Å²) in [6.45, 7) is 8.38. The molecule has 0 saturated carbocycles. The summed E-state index contributed by atoms with van der Waals surface area (Å²) < 4.78 is 10.5. The van der Waals surface area contributed by atoms with E-state index in [0.717, 1.165) is 19.5 Å². The van der Waals surface area contributed by atoms with Gasteiger partial charge in [-0.15, -0.1) is 0 Å². The second-order valence-corrected chi connectivity index (χ2v) is 4.75. The summed E-state index contributed by atoms with van der Waals surface area (Å²) in [7, 11) is 0. The molecule has 0 radical (unpaired) electrons. The number of hydrogen-bond donors (Lipinski definition) is 1. The minimum Gasteiger partial charge on any atom is -0.464 e. The maximum atomic E-state index is 11.2. The molecule has 0 unspecified atom stereocenters. The SMILES string of the molecule is CC(C)CCOC(=O)COC1(C)CNC1. The molecule has 1 saturated heterocycles. The molecule has 1 rings (SSSR count). The number of esters is 1. The van der Waals surface area contributed by atoms with Crippen LogP contribution in [0.1, 0.15) is 27.2 Å². The molecule has 0 aromatic heterocycles. The van der Waals surface area contributed by atoms with E-state index in [9.17, 15) is 4.79 Å². The smallest absolute Gasteiger partial charge is 0.332 e. The second kappa shape index (κ2) is 5.47.